The minimum absolute atomic E-state index is 0.0325. The predicted molar refractivity (Wildman–Crippen MR) is 117 cm³/mol. The lowest BCUT2D eigenvalue weighted by molar-refractivity contribution is 0.581. The van der Waals surface area contributed by atoms with Gasteiger partial charge in [0.05, 0.1) is 15.4 Å². The van der Waals surface area contributed by atoms with Crippen LogP contribution in [0.25, 0.3) is 22.3 Å². The Morgan fingerprint density at radius 1 is 1.10 bits per heavy atom. The molecule has 0 atom stereocenters. The van der Waals surface area contributed by atoms with Gasteiger partial charge < -0.3 is 4.98 Å². The zero-order valence-corrected chi connectivity index (χ0v) is 18.2. The molecule has 31 heavy (non-hydrogen) atoms. The number of H-pyrrole nitrogens is 1. The third-order valence-corrected chi connectivity index (χ3v) is 6.79. The van der Waals surface area contributed by atoms with E-state index in [1.807, 2.05) is 0 Å². The Morgan fingerprint density at radius 3 is 2.48 bits per heavy atom. The number of aromatic nitrogens is 4. The van der Waals surface area contributed by atoms with E-state index in [-0.39, 0.29) is 11.4 Å². The monoisotopic (exact) mass is 459 g/mol. The highest BCUT2D eigenvalue weighted by Gasteiger charge is 2.16. The highest BCUT2D eigenvalue weighted by atomic mass is 35.5. The fourth-order valence-corrected chi connectivity index (χ4v) is 4.42. The Kier molecular flexibility index (Phi) is 5.29. The van der Waals surface area contributed by atoms with Crippen molar-refractivity contribution in [2.24, 2.45) is 14.1 Å². The van der Waals surface area contributed by atoms with Gasteiger partial charge in [0.1, 0.15) is 5.52 Å². The second-order valence-electron chi connectivity index (χ2n) is 6.97. The molecule has 0 aliphatic rings. The molecular weight excluding hydrogens is 442 g/mol. The van der Waals surface area contributed by atoms with Gasteiger partial charge in [0.25, 0.3) is 5.56 Å². The Balaban J connectivity index is 1.63. The summed E-state index contributed by atoms with van der Waals surface area (Å²) in [6.07, 6.45) is 2.98. The van der Waals surface area contributed by atoms with Crippen molar-refractivity contribution in [1.29, 1.82) is 0 Å². The minimum atomic E-state index is -3.76. The molecule has 0 unspecified atom stereocenters. The van der Waals surface area contributed by atoms with Crippen LogP contribution >= 0.6 is 11.6 Å². The van der Waals surface area contributed by atoms with Crippen LogP contribution in [-0.2, 0) is 30.7 Å². The molecule has 0 aliphatic carbocycles. The van der Waals surface area contributed by atoms with Crippen LogP contribution in [0.5, 0.6) is 0 Å². The maximum atomic E-state index is 12.6. The molecule has 3 heterocycles. The van der Waals surface area contributed by atoms with E-state index in [1.165, 1.54) is 36.1 Å². The summed E-state index contributed by atoms with van der Waals surface area (Å²) in [7, 11) is -0.767. The summed E-state index contributed by atoms with van der Waals surface area (Å²) in [5.74, 6) is 0. The fourth-order valence-electron chi connectivity index (χ4n) is 3.23. The Bertz CT molecular complexity index is 1520. The quantitative estimate of drug-likeness (QED) is 0.471. The molecule has 0 fully saturated rings. The van der Waals surface area contributed by atoms with Gasteiger partial charge in [0.2, 0.25) is 10.0 Å². The van der Waals surface area contributed by atoms with Crippen LogP contribution in [0.1, 0.15) is 5.56 Å². The lowest BCUT2D eigenvalue weighted by atomic mass is 10.1. The molecule has 0 spiro atoms. The predicted octanol–water partition coefficient (Wildman–Crippen LogP) is 1.76. The van der Waals surface area contributed by atoms with Gasteiger partial charge in [0, 0.05) is 38.7 Å². The first kappa shape index (κ1) is 21.0. The van der Waals surface area contributed by atoms with Gasteiger partial charge >= 0.3 is 5.69 Å². The summed E-state index contributed by atoms with van der Waals surface area (Å²) in [5.41, 5.74) is 1.79. The van der Waals surface area contributed by atoms with E-state index in [0.717, 1.165) is 4.57 Å². The van der Waals surface area contributed by atoms with Gasteiger partial charge in [-0.2, -0.15) is 0 Å². The summed E-state index contributed by atoms with van der Waals surface area (Å²) in [6, 6.07) is 9.51. The average molecular weight is 460 g/mol. The van der Waals surface area contributed by atoms with Crippen molar-refractivity contribution in [3.05, 3.63) is 80.2 Å². The maximum absolute atomic E-state index is 12.6. The van der Waals surface area contributed by atoms with E-state index in [0.29, 0.717) is 32.9 Å². The molecule has 0 radical (unpaired) electrons. The Labute approximate surface area is 182 Å². The summed E-state index contributed by atoms with van der Waals surface area (Å²) >= 11 is 6.02. The van der Waals surface area contributed by atoms with Crippen molar-refractivity contribution < 1.29 is 8.42 Å². The third-order valence-electron chi connectivity index (χ3n) is 5.04. The van der Waals surface area contributed by atoms with E-state index in [2.05, 4.69) is 14.7 Å². The lowest BCUT2D eigenvalue weighted by Gasteiger charge is -2.08. The Hall–Kier alpha value is -3.21. The topological polar surface area (TPSA) is 119 Å². The van der Waals surface area contributed by atoms with Gasteiger partial charge in [-0.3, -0.25) is 18.9 Å². The molecule has 0 saturated carbocycles. The van der Waals surface area contributed by atoms with Crippen LogP contribution in [0.4, 0.5) is 0 Å². The summed E-state index contributed by atoms with van der Waals surface area (Å²) < 4.78 is 30.1. The number of halogens is 1. The highest BCUT2D eigenvalue weighted by molar-refractivity contribution is 7.89. The second kappa shape index (κ2) is 7.80. The largest absolute Gasteiger partial charge is 0.349 e. The van der Waals surface area contributed by atoms with Crippen molar-refractivity contribution in [2.75, 3.05) is 0 Å². The number of hydrogen-bond acceptors (Lipinski definition) is 5. The Morgan fingerprint density at radius 2 is 1.81 bits per heavy atom. The van der Waals surface area contributed by atoms with Crippen LogP contribution in [-0.4, -0.2) is 27.5 Å². The van der Waals surface area contributed by atoms with Crippen LogP contribution in [0.15, 0.2) is 63.3 Å². The van der Waals surface area contributed by atoms with Crippen molar-refractivity contribution >= 4 is 32.7 Å². The first-order valence-corrected chi connectivity index (χ1v) is 11.0. The molecule has 160 valence electrons. The smallest absolute Gasteiger partial charge is 0.331 e. The SMILES string of the molecule is Cn1c(=O)c2[nH]c(-c3ccc(S(=O)(=O)NCc4ccncc4Cl)cc3)cc2n(C)c1=O. The molecular formula is C20H18ClN5O4S. The molecule has 3 aromatic heterocycles. The number of nitrogens with zero attached hydrogens (tertiary/aromatic N) is 3. The van der Waals surface area contributed by atoms with Gasteiger partial charge in [-0.15, -0.1) is 0 Å². The van der Waals surface area contributed by atoms with Crippen molar-refractivity contribution in [1.82, 2.24) is 23.8 Å². The highest BCUT2D eigenvalue weighted by Crippen LogP contribution is 2.23. The maximum Gasteiger partial charge on any atom is 0.331 e. The first-order valence-electron chi connectivity index (χ1n) is 9.16. The van der Waals surface area contributed by atoms with Gasteiger partial charge in [-0.25, -0.2) is 17.9 Å². The van der Waals surface area contributed by atoms with Crippen LogP contribution in [0.2, 0.25) is 5.02 Å². The van der Waals surface area contributed by atoms with E-state index in [9.17, 15) is 18.0 Å². The zero-order chi connectivity index (χ0) is 22.3. The van der Waals surface area contributed by atoms with Crippen molar-refractivity contribution in [3.8, 4) is 11.3 Å². The van der Waals surface area contributed by atoms with Crippen LogP contribution in [0, 0.1) is 0 Å². The van der Waals surface area contributed by atoms with Crippen molar-refractivity contribution in [3.63, 3.8) is 0 Å². The number of fused-ring (bicyclic) bond motifs is 1. The molecule has 2 N–H and O–H groups in total. The molecule has 0 saturated heterocycles. The summed E-state index contributed by atoms with van der Waals surface area (Å²) in [4.78, 5) is 31.5. The molecule has 0 amide bonds. The zero-order valence-electron chi connectivity index (χ0n) is 16.6. The molecule has 4 rings (SSSR count). The number of sulfonamides is 1. The standard InChI is InChI=1S/C20H18ClN5O4S/c1-25-17-9-16(24-18(17)19(27)26(2)20(25)28)12-3-5-14(6-4-12)31(29,30)23-10-13-7-8-22-11-15(13)21/h3-9,11,23-24H,10H2,1-2H3. The number of aryl methyl sites for hydroxylation is 1. The van der Waals surface area contributed by atoms with Crippen LogP contribution < -0.4 is 16.0 Å². The average Bonchev–Trinajstić information content (AvgIpc) is 3.21. The molecule has 4 aromatic rings. The summed E-state index contributed by atoms with van der Waals surface area (Å²) in [5, 5.41) is 0.375. The van der Waals surface area contributed by atoms with Gasteiger partial charge in [-0.05, 0) is 35.4 Å². The van der Waals surface area contributed by atoms with Gasteiger partial charge in [0.15, 0.2) is 0 Å². The number of rotatable bonds is 5. The number of pyridine rings is 1. The fraction of sp³-hybridized carbons (Fsp3) is 0.150. The van der Waals surface area contributed by atoms with E-state index < -0.39 is 21.3 Å². The number of nitrogens with one attached hydrogen (secondary N) is 2. The number of hydrogen-bond donors (Lipinski definition) is 2. The normalized spacial score (nSPS) is 11.8. The second-order valence-corrected chi connectivity index (χ2v) is 9.14. The molecule has 9 nitrogen and oxygen atoms in total. The number of benzene rings is 1. The molecule has 1 aromatic carbocycles. The third kappa shape index (κ3) is 3.80. The molecule has 11 heteroatoms. The number of aromatic amines is 1. The summed E-state index contributed by atoms with van der Waals surface area (Å²) in [6.45, 7) is 0.0325. The van der Waals surface area contributed by atoms with E-state index in [4.69, 9.17) is 11.6 Å². The van der Waals surface area contributed by atoms with E-state index >= 15 is 0 Å². The van der Waals surface area contributed by atoms with Gasteiger partial charge in [-0.1, -0.05) is 23.7 Å². The van der Waals surface area contributed by atoms with Crippen LogP contribution in [0.3, 0.4) is 0 Å². The molecule has 0 bridgehead atoms. The minimum Gasteiger partial charge on any atom is -0.349 e. The van der Waals surface area contributed by atoms with E-state index in [1.54, 1.807) is 31.3 Å². The first-order chi connectivity index (χ1) is 14.7. The lowest BCUT2D eigenvalue weighted by Crippen LogP contribution is -2.36. The van der Waals surface area contributed by atoms with Crippen molar-refractivity contribution in [2.45, 2.75) is 11.4 Å². The molecule has 0 aliphatic heterocycles.